The largest absolute Gasteiger partial charge is 0.394 e. The van der Waals surface area contributed by atoms with E-state index in [1.54, 1.807) is 0 Å². The molecule has 0 aliphatic carbocycles. The average molecular weight is 421 g/mol. The summed E-state index contributed by atoms with van der Waals surface area (Å²) in [6.07, 6.45) is -13.0. The van der Waals surface area contributed by atoms with Gasteiger partial charge in [0.05, 0.1) is 13.2 Å². The highest BCUT2D eigenvalue weighted by Crippen LogP contribution is 2.40. The summed E-state index contributed by atoms with van der Waals surface area (Å²) in [6, 6.07) is 0. The fraction of sp³-hybridized carbons (Fsp3) is 1.00. The molecule has 11 nitrogen and oxygen atoms in total. The Morgan fingerprint density at radius 2 is 1.50 bits per heavy atom. The maximum atomic E-state index is 10.1. The van der Waals surface area contributed by atoms with Gasteiger partial charge in [-0.2, -0.15) is 0 Å². The van der Waals surface area contributed by atoms with Gasteiger partial charge in [0, 0.05) is 0 Å². The molecule has 8 N–H and O–H groups in total. The summed E-state index contributed by atoms with van der Waals surface area (Å²) in [5, 5.41) is 75.9. The summed E-state index contributed by atoms with van der Waals surface area (Å²) >= 11 is 2.74. The number of aliphatic hydroxyl groups is 8. The lowest BCUT2D eigenvalue weighted by atomic mass is 9.99. The number of aliphatic hydroxyl groups excluding tert-OH is 8. The Bertz CT molecular complexity index is 424. The van der Waals surface area contributed by atoms with E-state index in [1.807, 2.05) is 0 Å². The van der Waals surface area contributed by atoms with Gasteiger partial charge < -0.3 is 55.1 Å². The molecular weight excluding hydrogens is 400 g/mol. The Morgan fingerprint density at radius 3 is 1.96 bits per heavy atom. The van der Waals surface area contributed by atoms with E-state index < -0.39 is 73.0 Å². The van der Waals surface area contributed by atoms with Crippen LogP contribution in [0.4, 0.5) is 0 Å². The highest BCUT2D eigenvalue weighted by molar-refractivity contribution is 9.09. The summed E-state index contributed by atoms with van der Waals surface area (Å²) in [5.74, 6) is -2.35. The van der Waals surface area contributed by atoms with Crippen molar-refractivity contribution in [2.24, 2.45) is 0 Å². The second-order valence-corrected chi connectivity index (χ2v) is 6.51. The number of hydrogen-bond donors (Lipinski definition) is 8. The van der Waals surface area contributed by atoms with E-state index in [9.17, 15) is 30.6 Å². The summed E-state index contributed by atoms with van der Waals surface area (Å²) in [4.78, 5) is 0. The van der Waals surface area contributed by atoms with Gasteiger partial charge in [-0.1, -0.05) is 15.9 Å². The molecule has 2 heterocycles. The molecule has 10 atom stereocenters. The van der Waals surface area contributed by atoms with Crippen LogP contribution in [0.5, 0.6) is 0 Å². The second-order valence-electron chi connectivity index (χ2n) is 5.65. The van der Waals surface area contributed by atoms with Crippen molar-refractivity contribution in [2.45, 2.75) is 59.8 Å². The van der Waals surface area contributed by atoms with Gasteiger partial charge in [-0.15, -0.1) is 0 Å². The number of hydrogen-bond acceptors (Lipinski definition) is 11. The predicted molar refractivity (Wildman–Crippen MR) is 76.5 cm³/mol. The molecule has 0 aromatic carbocycles. The van der Waals surface area contributed by atoms with Gasteiger partial charge in [0.2, 0.25) is 5.79 Å². The topological polar surface area (TPSA) is 190 Å². The van der Waals surface area contributed by atoms with E-state index in [2.05, 4.69) is 15.9 Å². The molecule has 0 saturated carbocycles. The summed E-state index contributed by atoms with van der Waals surface area (Å²) in [6.45, 7) is -1.41. The molecule has 2 aliphatic heterocycles. The summed E-state index contributed by atoms with van der Waals surface area (Å²) < 4.78 is 15.6. The normalized spacial score (nSPS) is 50.9. The van der Waals surface area contributed by atoms with Crippen LogP contribution in [0.2, 0.25) is 0 Å². The second kappa shape index (κ2) is 7.73. The van der Waals surface area contributed by atoms with Crippen molar-refractivity contribution in [3.8, 4) is 0 Å². The predicted octanol–water partition coefficient (Wildman–Crippen LogP) is -4.67. The third kappa shape index (κ3) is 3.34. The van der Waals surface area contributed by atoms with Crippen LogP contribution in [0.3, 0.4) is 0 Å². The van der Waals surface area contributed by atoms with Crippen LogP contribution in [0.25, 0.3) is 0 Å². The molecule has 2 saturated heterocycles. The van der Waals surface area contributed by atoms with Gasteiger partial charge >= 0.3 is 0 Å². The van der Waals surface area contributed by atoms with E-state index in [-0.39, 0.29) is 0 Å². The number of rotatable bonds is 5. The average Bonchev–Trinajstić information content (AvgIpc) is 2.81. The van der Waals surface area contributed by atoms with Gasteiger partial charge in [-0.3, -0.25) is 0 Å². The molecule has 0 amide bonds. The molecule has 142 valence electrons. The summed E-state index contributed by atoms with van der Waals surface area (Å²) in [5.41, 5.74) is 0. The Balaban J connectivity index is 2.25. The van der Waals surface area contributed by atoms with Gasteiger partial charge in [-0.05, 0) is 0 Å². The first-order chi connectivity index (χ1) is 11.2. The van der Waals surface area contributed by atoms with E-state index in [0.29, 0.717) is 0 Å². The first-order valence-electron chi connectivity index (χ1n) is 7.14. The quantitative estimate of drug-likeness (QED) is 0.199. The van der Waals surface area contributed by atoms with Gasteiger partial charge in [0.25, 0.3) is 0 Å². The fourth-order valence-corrected chi connectivity index (χ4v) is 3.15. The molecule has 0 radical (unpaired) electrons. The molecule has 1 unspecified atom stereocenters. The minimum Gasteiger partial charge on any atom is -0.394 e. The van der Waals surface area contributed by atoms with Gasteiger partial charge in [-0.25, -0.2) is 0 Å². The lowest BCUT2D eigenvalue weighted by molar-refractivity contribution is -0.386. The number of ether oxygens (including phenoxy) is 3. The van der Waals surface area contributed by atoms with E-state index in [4.69, 9.17) is 24.4 Å². The molecule has 0 aromatic heterocycles. The lowest BCUT2D eigenvalue weighted by Gasteiger charge is -2.44. The number of halogens is 1. The van der Waals surface area contributed by atoms with Crippen molar-refractivity contribution in [1.29, 1.82) is 0 Å². The van der Waals surface area contributed by atoms with E-state index in [0.717, 1.165) is 0 Å². The maximum Gasteiger partial charge on any atom is 0.237 e. The minimum atomic E-state index is -2.35. The monoisotopic (exact) mass is 420 g/mol. The van der Waals surface area contributed by atoms with Gasteiger partial charge in [0.1, 0.15) is 42.7 Å². The van der Waals surface area contributed by atoms with Crippen LogP contribution >= 0.6 is 15.9 Å². The van der Waals surface area contributed by atoms with E-state index >= 15 is 0 Å². The summed E-state index contributed by atoms with van der Waals surface area (Å²) in [7, 11) is 0. The maximum absolute atomic E-state index is 10.1. The molecule has 2 rings (SSSR count). The Labute approximate surface area is 144 Å². The molecule has 0 bridgehead atoms. The molecule has 0 aromatic rings. The zero-order chi connectivity index (χ0) is 18.2. The Morgan fingerprint density at radius 1 is 0.917 bits per heavy atom. The number of alkyl halides is 1. The fourth-order valence-electron chi connectivity index (χ4n) is 2.66. The molecule has 24 heavy (non-hydrogen) atoms. The van der Waals surface area contributed by atoms with Crippen LogP contribution in [0, 0.1) is 0 Å². The van der Waals surface area contributed by atoms with Crippen LogP contribution < -0.4 is 0 Å². The van der Waals surface area contributed by atoms with Crippen LogP contribution in [-0.4, -0.2) is 114 Å². The van der Waals surface area contributed by atoms with Crippen LogP contribution in [0.15, 0.2) is 0 Å². The van der Waals surface area contributed by atoms with Crippen molar-refractivity contribution < 1.29 is 55.1 Å². The Kier molecular flexibility index (Phi) is 6.56. The first-order valence-corrected chi connectivity index (χ1v) is 8.06. The van der Waals surface area contributed by atoms with Crippen LogP contribution in [-0.2, 0) is 14.2 Å². The van der Waals surface area contributed by atoms with Crippen molar-refractivity contribution in [1.82, 2.24) is 0 Å². The molecule has 0 spiro atoms. The Hall–Kier alpha value is 0.0400. The third-order valence-corrected chi connectivity index (χ3v) is 4.75. The smallest absolute Gasteiger partial charge is 0.237 e. The van der Waals surface area contributed by atoms with Crippen molar-refractivity contribution in [3.63, 3.8) is 0 Å². The first kappa shape index (κ1) is 20.4. The van der Waals surface area contributed by atoms with Crippen molar-refractivity contribution in [2.75, 3.05) is 13.2 Å². The van der Waals surface area contributed by atoms with Crippen LogP contribution in [0.1, 0.15) is 0 Å². The van der Waals surface area contributed by atoms with Gasteiger partial charge in [0.15, 0.2) is 11.3 Å². The minimum absolute atomic E-state index is 0.697. The van der Waals surface area contributed by atoms with Crippen molar-refractivity contribution in [3.05, 3.63) is 0 Å². The zero-order valence-corrected chi connectivity index (χ0v) is 13.9. The third-order valence-electron chi connectivity index (χ3n) is 4.11. The highest BCUT2D eigenvalue weighted by atomic mass is 79.9. The SMILES string of the molecule is OC[C@H]1O[C@](O[C@H]2O[C@H](CO)[C@@H](O)[C@H](O)[C@H]2O)(C(O)Br)[C@@H](O)[C@@H]1O. The highest BCUT2D eigenvalue weighted by Gasteiger charge is 2.61. The van der Waals surface area contributed by atoms with Crippen molar-refractivity contribution >= 4 is 15.9 Å². The van der Waals surface area contributed by atoms with E-state index in [1.165, 1.54) is 0 Å². The molecule has 12 heteroatoms. The molecule has 2 aliphatic rings. The lowest BCUT2D eigenvalue weighted by Crippen LogP contribution is -2.63. The standard InChI is InChI=1S/C12H21BrO11/c13-11(21)12(9(20)6(17)4(2-15)23-12)24-10-8(19)7(18)5(16)3(1-14)22-10/h3-11,14-21H,1-2H2/t3-,4-,5-,6-,7+,8-,9+,10-,11?,12-/m1/s1. The molecule has 2 fully saturated rings. The zero-order valence-electron chi connectivity index (χ0n) is 12.3. The molecular formula is C12H21BrO11.